The molecule has 0 amide bonds. The van der Waals surface area contributed by atoms with Crippen LogP contribution in [-0.2, 0) is 5.41 Å². The van der Waals surface area contributed by atoms with Gasteiger partial charge < -0.3 is 9.13 Å². The van der Waals surface area contributed by atoms with Gasteiger partial charge in [-0.1, -0.05) is 190 Å². The summed E-state index contributed by atoms with van der Waals surface area (Å²) in [7, 11) is -2.99. The zero-order valence-corrected chi connectivity index (χ0v) is 34.7. The molecule has 11 aromatic rings. The maximum absolute atomic E-state index is 2.99. The summed E-state index contributed by atoms with van der Waals surface area (Å²) in [6, 6.07) is 81.9. The molecule has 0 fully saturated rings. The summed E-state index contributed by atoms with van der Waals surface area (Å²) in [6.45, 7) is 4.80. The van der Waals surface area contributed by atoms with Crippen LogP contribution in [0.2, 0.25) is 0 Å². The van der Waals surface area contributed by atoms with Crippen LogP contribution in [0.25, 0.3) is 66.1 Å². The molecule has 12 rings (SSSR count). The predicted molar refractivity (Wildman–Crippen MR) is 256 cm³/mol. The Morgan fingerprint density at radius 2 is 0.900 bits per heavy atom. The van der Waals surface area contributed by atoms with E-state index in [9.17, 15) is 0 Å². The van der Waals surface area contributed by atoms with Crippen molar-refractivity contribution in [1.82, 2.24) is 9.13 Å². The molecule has 0 saturated heterocycles. The Hall–Kier alpha value is -7.20. The van der Waals surface area contributed by atoms with E-state index in [2.05, 4.69) is 241 Å². The molecule has 3 heteroatoms. The first-order chi connectivity index (χ1) is 29.6. The Bertz CT molecular complexity index is 3390. The number of para-hydroxylation sites is 3. The molecule has 60 heavy (non-hydrogen) atoms. The van der Waals surface area contributed by atoms with Gasteiger partial charge in [0, 0.05) is 38.3 Å². The van der Waals surface area contributed by atoms with E-state index in [0.29, 0.717) is 0 Å². The minimum absolute atomic E-state index is 0.155. The summed E-state index contributed by atoms with van der Waals surface area (Å²) in [5, 5.41) is 10.6. The largest absolute Gasteiger partial charge is 0.309 e. The molecular weight excluding hydrogens is 741 g/mol. The summed E-state index contributed by atoms with van der Waals surface area (Å²) in [6.07, 6.45) is 0. The molecule has 0 aliphatic heterocycles. The van der Waals surface area contributed by atoms with Crippen LogP contribution >= 0.6 is 0 Å². The van der Waals surface area contributed by atoms with Gasteiger partial charge >= 0.3 is 0 Å². The van der Waals surface area contributed by atoms with Gasteiger partial charge in [-0.2, -0.15) is 0 Å². The maximum atomic E-state index is 2.55. The molecule has 1 aliphatic rings. The predicted octanol–water partition coefficient (Wildman–Crippen LogP) is 11.6. The van der Waals surface area contributed by atoms with Gasteiger partial charge in [-0.15, -0.1) is 0 Å². The van der Waals surface area contributed by atoms with E-state index >= 15 is 0 Å². The molecule has 0 unspecified atom stereocenters. The van der Waals surface area contributed by atoms with Gasteiger partial charge in [0.2, 0.25) is 0 Å². The fraction of sp³-hybridized carbons (Fsp3) is 0.0526. The lowest BCUT2D eigenvalue weighted by molar-refractivity contribution is 0.664. The molecule has 0 N–H and O–H groups in total. The van der Waals surface area contributed by atoms with E-state index in [4.69, 9.17) is 0 Å². The van der Waals surface area contributed by atoms with Gasteiger partial charge in [-0.3, -0.25) is 0 Å². The number of hydrogen-bond donors (Lipinski definition) is 0. The van der Waals surface area contributed by atoms with Crippen LogP contribution in [0.15, 0.2) is 218 Å². The van der Waals surface area contributed by atoms with Crippen molar-refractivity contribution in [3.05, 3.63) is 230 Å². The lowest BCUT2D eigenvalue weighted by Gasteiger charge is -2.35. The van der Waals surface area contributed by atoms with Gasteiger partial charge in [0.15, 0.2) is 8.07 Å². The average molecular weight is 783 g/mol. The number of benzene rings is 9. The zero-order valence-electron chi connectivity index (χ0n) is 33.7. The van der Waals surface area contributed by atoms with Gasteiger partial charge in [0.25, 0.3) is 0 Å². The molecule has 2 nitrogen and oxygen atoms in total. The Morgan fingerprint density at radius 3 is 1.60 bits per heavy atom. The highest BCUT2D eigenvalue weighted by Gasteiger charge is 2.44. The quantitative estimate of drug-likeness (QED) is 0.117. The highest BCUT2D eigenvalue weighted by atomic mass is 28.3. The third-order valence-electron chi connectivity index (χ3n) is 13.4. The van der Waals surface area contributed by atoms with Crippen LogP contribution < -0.4 is 20.7 Å². The van der Waals surface area contributed by atoms with Crippen molar-refractivity contribution < 1.29 is 0 Å². The van der Waals surface area contributed by atoms with Crippen LogP contribution in [0.5, 0.6) is 0 Å². The number of nitrogens with zero attached hydrogens (tertiary/aromatic N) is 2. The molecular formula is C57H42N2Si. The van der Waals surface area contributed by atoms with E-state index in [1.54, 1.807) is 0 Å². The van der Waals surface area contributed by atoms with Gasteiger partial charge in [-0.05, 0) is 85.5 Å². The van der Waals surface area contributed by atoms with E-state index < -0.39 is 8.07 Å². The van der Waals surface area contributed by atoms with E-state index in [1.807, 2.05) is 0 Å². The lowest BCUT2D eigenvalue weighted by atomic mass is 9.81. The second-order valence-electron chi connectivity index (χ2n) is 16.8. The number of rotatable bonds is 6. The van der Waals surface area contributed by atoms with Crippen molar-refractivity contribution >= 4 is 72.4 Å². The smallest absolute Gasteiger partial charge is 0.180 e. The fourth-order valence-electron chi connectivity index (χ4n) is 11.0. The standard InChI is InChI=1S/C57H42N2Si/c1-57(2)49-28-15-12-25-44(49)46-37-38-47-45-26-13-16-29-50(45)59(56(47)55(46)57)40-33-35-43(36-34-40)60(41-21-8-4-9-22-41,42-23-10-5-11-24-42)53-32-18-31-52-54(53)48-27-14-17-30-51(48)58(52)39-19-6-3-7-20-39/h3-38H,1-2H3. The lowest BCUT2D eigenvalue weighted by Crippen LogP contribution is -2.74. The van der Waals surface area contributed by atoms with Crippen LogP contribution in [0.1, 0.15) is 25.0 Å². The summed E-state index contributed by atoms with van der Waals surface area (Å²) < 4.78 is 5.00. The van der Waals surface area contributed by atoms with E-state index in [1.165, 1.54) is 98.0 Å². The highest BCUT2D eigenvalue weighted by molar-refractivity contribution is 7.20. The SMILES string of the molecule is CC1(C)c2ccccc2-c2ccc3c4ccccc4n(-c4ccc([Si](c5ccccc5)(c5ccccc5)c5cccc6c5c5ccccc5n6-c5ccccc5)cc4)c3c21. The first-order valence-electron chi connectivity index (χ1n) is 21.0. The minimum Gasteiger partial charge on any atom is -0.309 e. The van der Waals surface area contributed by atoms with Crippen molar-refractivity contribution in [3.63, 3.8) is 0 Å². The van der Waals surface area contributed by atoms with E-state index in [0.717, 1.165) is 0 Å². The summed E-state index contributed by atoms with van der Waals surface area (Å²) in [5.74, 6) is 0. The topological polar surface area (TPSA) is 9.86 Å². The molecule has 9 aromatic carbocycles. The Balaban J connectivity index is 1.16. The third-order valence-corrected chi connectivity index (χ3v) is 18.3. The zero-order chi connectivity index (χ0) is 40.0. The van der Waals surface area contributed by atoms with Crippen LogP contribution in [0.3, 0.4) is 0 Å². The second kappa shape index (κ2) is 13.2. The maximum Gasteiger partial charge on any atom is 0.180 e. The molecule has 0 radical (unpaired) electrons. The molecule has 1 aliphatic carbocycles. The van der Waals surface area contributed by atoms with Crippen molar-refractivity contribution in [2.45, 2.75) is 19.3 Å². The summed E-state index contributed by atoms with van der Waals surface area (Å²) in [5.41, 5.74) is 12.6. The molecule has 284 valence electrons. The monoisotopic (exact) mass is 782 g/mol. The van der Waals surface area contributed by atoms with Crippen LogP contribution in [0, 0.1) is 0 Å². The summed E-state index contributed by atoms with van der Waals surface area (Å²) >= 11 is 0. The average Bonchev–Trinajstić information content (AvgIpc) is 3.91. The normalized spacial score (nSPS) is 13.3. The van der Waals surface area contributed by atoms with Gasteiger partial charge in [0.05, 0.1) is 22.1 Å². The molecule has 0 bridgehead atoms. The Labute approximate surface area is 351 Å². The van der Waals surface area contributed by atoms with Crippen molar-refractivity contribution in [2.75, 3.05) is 0 Å². The molecule has 0 atom stereocenters. The Kier molecular flexibility index (Phi) is 7.63. The third kappa shape index (κ3) is 4.75. The molecule has 0 spiro atoms. The molecule has 2 aromatic heterocycles. The Morgan fingerprint density at radius 1 is 0.367 bits per heavy atom. The van der Waals surface area contributed by atoms with Crippen molar-refractivity contribution in [1.29, 1.82) is 0 Å². The first kappa shape index (κ1) is 34.8. The minimum atomic E-state index is -2.99. The van der Waals surface area contributed by atoms with Crippen molar-refractivity contribution in [3.8, 4) is 22.5 Å². The summed E-state index contributed by atoms with van der Waals surface area (Å²) in [4.78, 5) is 0. The number of fused-ring (bicyclic) bond motifs is 10. The fourth-order valence-corrected chi connectivity index (χ4v) is 15.9. The highest BCUT2D eigenvalue weighted by Crippen LogP contribution is 2.52. The van der Waals surface area contributed by atoms with E-state index in [-0.39, 0.29) is 5.41 Å². The molecule has 2 heterocycles. The first-order valence-corrected chi connectivity index (χ1v) is 23.0. The number of aromatic nitrogens is 2. The van der Waals surface area contributed by atoms with Crippen LogP contribution in [0.4, 0.5) is 0 Å². The number of hydrogen-bond acceptors (Lipinski definition) is 0. The van der Waals surface area contributed by atoms with Crippen molar-refractivity contribution in [2.24, 2.45) is 0 Å². The second-order valence-corrected chi connectivity index (χ2v) is 20.6. The molecule has 0 saturated carbocycles. The van der Waals surface area contributed by atoms with Crippen LogP contribution in [-0.4, -0.2) is 17.2 Å². The van der Waals surface area contributed by atoms with Gasteiger partial charge in [0.1, 0.15) is 0 Å². The van der Waals surface area contributed by atoms with Gasteiger partial charge in [-0.25, -0.2) is 0 Å².